The monoisotopic (exact) mass is 322 g/mol. The molecule has 1 aliphatic rings. The number of nitrogens with one attached hydrogen (secondary N) is 1. The molecular weight excluding hydrogens is 300 g/mol. The van der Waals surface area contributed by atoms with Crippen LogP contribution in [0.3, 0.4) is 0 Å². The number of urea groups is 1. The Hall–Kier alpha value is -1.76. The summed E-state index contributed by atoms with van der Waals surface area (Å²) in [7, 11) is 1.75. The third-order valence-electron chi connectivity index (χ3n) is 3.54. The highest BCUT2D eigenvalue weighted by atomic mass is 32.2. The van der Waals surface area contributed by atoms with Gasteiger partial charge < -0.3 is 15.1 Å². The fraction of sp³-hybridized carbons (Fsp3) is 0.533. The third-order valence-corrected chi connectivity index (χ3v) is 4.49. The van der Waals surface area contributed by atoms with Crippen LogP contribution in [0.5, 0.6) is 0 Å². The molecule has 0 aliphatic carbocycles. The normalized spacial score (nSPS) is 14.5. The number of pyridine rings is 1. The summed E-state index contributed by atoms with van der Waals surface area (Å²) < 4.78 is 0. The predicted molar refractivity (Wildman–Crippen MR) is 87.9 cm³/mol. The van der Waals surface area contributed by atoms with Crippen LogP contribution >= 0.6 is 11.8 Å². The zero-order chi connectivity index (χ0) is 15.8. The lowest BCUT2D eigenvalue weighted by atomic mass is 10.2. The van der Waals surface area contributed by atoms with Gasteiger partial charge >= 0.3 is 6.03 Å². The van der Waals surface area contributed by atoms with Crippen LogP contribution in [0.25, 0.3) is 0 Å². The standard InChI is InChI=1S/C15H22N4O2S/c1-18(7-5-13-4-2-3-6-16-13)14(20)12-17-15(21)19-8-10-22-11-9-19/h2-4,6H,5,7-12H2,1H3,(H,17,21). The molecule has 1 aliphatic heterocycles. The molecule has 0 unspecified atom stereocenters. The van der Waals surface area contributed by atoms with E-state index in [0.29, 0.717) is 13.0 Å². The van der Waals surface area contributed by atoms with E-state index in [0.717, 1.165) is 30.3 Å². The minimum atomic E-state index is -0.147. The Bertz CT molecular complexity index is 492. The van der Waals surface area contributed by atoms with Crippen molar-refractivity contribution in [1.29, 1.82) is 0 Å². The van der Waals surface area contributed by atoms with Crippen molar-refractivity contribution in [2.45, 2.75) is 6.42 Å². The number of likely N-dealkylation sites (N-methyl/N-ethyl adjacent to an activating group) is 1. The number of amides is 3. The van der Waals surface area contributed by atoms with Gasteiger partial charge in [0.1, 0.15) is 0 Å². The number of carbonyl (C=O) groups excluding carboxylic acids is 2. The summed E-state index contributed by atoms with van der Waals surface area (Å²) in [5.41, 5.74) is 0.956. The number of nitrogens with zero attached hydrogens (tertiary/aromatic N) is 3. The Kier molecular flexibility index (Phi) is 6.51. The lowest BCUT2D eigenvalue weighted by molar-refractivity contribution is -0.128. The SMILES string of the molecule is CN(CCc1ccccn1)C(=O)CNC(=O)N1CCSCC1. The predicted octanol–water partition coefficient (Wildman–Crippen LogP) is 0.841. The summed E-state index contributed by atoms with van der Waals surface area (Å²) in [6.45, 7) is 2.13. The van der Waals surface area contributed by atoms with Gasteiger partial charge in [0.2, 0.25) is 5.91 Å². The van der Waals surface area contributed by atoms with Crippen LogP contribution in [0.15, 0.2) is 24.4 Å². The van der Waals surface area contributed by atoms with E-state index in [1.54, 1.807) is 23.0 Å². The fourth-order valence-corrected chi connectivity index (χ4v) is 3.02. The smallest absolute Gasteiger partial charge is 0.317 e. The van der Waals surface area contributed by atoms with Crippen LogP contribution in [-0.2, 0) is 11.2 Å². The molecule has 22 heavy (non-hydrogen) atoms. The molecule has 1 saturated heterocycles. The lowest BCUT2D eigenvalue weighted by Gasteiger charge is -2.26. The summed E-state index contributed by atoms with van der Waals surface area (Å²) in [5.74, 6) is 1.84. The second-order valence-electron chi connectivity index (χ2n) is 5.14. The van der Waals surface area contributed by atoms with Crippen LogP contribution < -0.4 is 5.32 Å². The molecule has 1 aromatic heterocycles. The van der Waals surface area contributed by atoms with Gasteiger partial charge in [-0.3, -0.25) is 9.78 Å². The summed E-state index contributed by atoms with van der Waals surface area (Å²) in [6, 6.07) is 5.59. The molecule has 0 radical (unpaired) electrons. The summed E-state index contributed by atoms with van der Waals surface area (Å²) >= 11 is 1.85. The molecule has 0 spiro atoms. The van der Waals surface area contributed by atoms with Crippen molar-refractivity contribution in [2.24, 2.45) is 0 Å². The maximum Gasteiger partial charge on any atom is 0.317 e. The van der Waals surface area contributed by atoms with Crippen molar-refractivity contribution in [1.82, 2.24) is 20.1 Å². The van der Waals surface area contributed by atoms with Crippen molar-refractivity contribution < 1.29 is 9.59 Å². The van der Waals surface area contributed by atoms with Gasteiger partial charge in [0.05, 0.1) is 6.54 Å². The van der Waals surface area contributed by atoms with Gasteiger partial charge in [0.25, 0.3) is 0 Å². The maximum atomic E-state index is 12.0. The molecule has 3 amide bonds. The molecule has 2 rings (SSSR count). The van der Waals surface area contributed by atoms with E-state index in [1.807, 2.05) is 30.0 Å². The van der Waals surface area contributed by atoms with E-state index in [9.17, 15) is 9.59 Å². The first-order valence-corrected chi connectivity index (χ1v) is 8.56. The largest absolute Gasteiger partial charge is 0.344 e. The van der Waals surface area contributed by atoms with Gasteiger partial charge in [-0.15, -0.1) is 0 Å². The molecule has 1 aromatic rings. The molecular formula is C15H22N4O2S. The van der Waals surface area contributed by atoms with Crippen LogP contribution in [0, 0.1) is 0 Å². The Morgan fingerprint density at radius 1 is 1.36 bits per heavy atom. The first kappa shape index (κ1) is 16.6. The summed E-state index contributed by atoms with van der Waals surface area (Å²) in [5, 5.41) is 2.70. The van der Waals surface area contributed by atoms with E-state index >= 15 is 0 Å². The van der Waals surface area contributed by atoms with Crippen LogP contribution in [-0.4, -0.2) is 71.5 Å². The van der Waals surface area contributed by atoms with Crippen molar-refractivity contribution in [3.8, 4) is 0 Å². The molecule has 1 N–H and O–H groups in total. The van der Waals surface area contributed by atoms with Crippen LogP contribution in [0.4, 0.5) is 4.79 Å². The average molecular weight is 322 g/mol. The molecule has 0 bridgehead atoms. The zero-order valence-corrected chi connectivity index (χ0v) is 13.6. The minimum Gasteiger partial charge on any atom is -0.344 e. The van der Waals surface area contributed by atoms with Crippen LogP contribution in [0.2, 0.25) is 0 Å². The van der Waals surface area contributed by atoms with Crippen molar-refractivity contribution in [3.05, 3.63) is 30.1 Å². The fourth-order valence-electron chi connectivity index (χ4n) is 2.12. The number of rotatable bonds is 5. The number of hydrogen-bond donors (Lipinski definition) is 1. The second kappa shape index (κ2) is 8.63. The highest BCUT2D eigenvalue weighted by molar-refractivity contribution is 7.99. The van der Waals surface area contributed by atoms with Crippen molar-refractivity contribution in [3.63, 3.8) is 0 Å². The van der Waals surface area contributed by atoms with Gasteiger partial charge in [-0.2, -0.15) is 11.8 Å². The molecule has 0 aromatic carbocycles. The number of aromatic nitrogens is 1. The Labute approximate surface area is 135 Å². The van der Waals surface area contributed by atoms with Gasteiger partial charge in [-0.25, -0.2) is 4.79 Å². The Balaban J connectivity index is 1.68. The first-order valence-electron chi connectivity index (χ1n) is 7.41. The summed E-state index contributed by atoms with van der Waals surface area (Å²) in [6.07, 6.45) is 2.45. The molecule has 120 valence electrons. The highest BCUT2D eigenvalue weighted by Crippen LogP contribution is 2.08. The average Bonchev–Trinajstić information content (AvgIpc) is 2.58. The minimum absolute atomic E-state index is 0.0429. The van der Waals surface area contributed by atoms with E-state index < -0.39 is 0 Å². The van der Waals surface area contributed by atoms with E-state index in [1.165, 1.54) is 0 Å². The zero-order valence-electron chi connectivity index (χ0n) is 12.8. The van der Waals surface area contributed by atoms with E-state index in [-0.39, 0.29) is 18.5 Å². The first-order chi connectivity index (χ1) is 10.7. The van der Waals surface area contributed by atoms with Gasteiger partial charge in [0.15, 0.2) is 0 Å². The molecule has 1 fully saturated rings. The maximum absolute atomic E-state index is 12.0. The van der Waals surface area contributed by atoms with Gasteiger partial charge in [-0.1, -0.05) is 6.07 Å². The number of carbonyl (C=O) groups is 2. The second-order valence-corrected chi connectivity index (χ2v) is 6.37. The number of thioether (sulfide) groups is 1. The molecule has 2 heterocycles. The molecule has 6 nitrogen and oxygen atoms in total. The van der Waals surface area contributed by atoms with Crippen molar-refractivity contribution in [2.75, 3.05) is 44.7 Å². The Morgan fingerprint density at radius 2 is 2.14 bits per heavy atom. The Morgan fingerprint density at radius 3 is 2.82 bits per heavy atom. The lowest BCUT2D eigenvalue weighted by Crippen LogP contribution is -2.47. The molecule has 0 saturated carbocycles. The van der Waals surface area contributed by atoms with Crippen LogP contribution in [0.1, 0.15) is 5.69 Å². The van der Waals surface area contributed by atoms with Gasteiger partial charge in [-0.05, 0) is 12.1 Å². The quantitative estimate of drug-likeness (QED) is 0.872. The highest BCUT2D eigenvalue weighted by Gasteiger charge is 2.18. The van der Waals surface area contributed by atoms with Gasteiger partial charge in [0, 0.05) is 56.5 Å². The summed E-state index contributed by atoms with van der Waals surface area (Å²) in [4.78, 5) is 31.6. The van der Waals surface area contributed by atoms with E-state index in [4.69, 9.17) is 0 Å². The molecule has 7 heteroatoms. The van der Waals surface area contributed by atoms with E-state index in [2.05, 4.69) is 10.3 Å². The topological polar surface area (TPSA) is 65.5 Å². The third kappa shape index (κ3) is 5.22. The molecule has 0 atom stereocenters. The van der Waals surface area contributed by atoms with Crippen molar-refractivity contribution >= 4 is 23.7 Å². The number of hydrogen-bond acceptors (Lipinski definition) is 4.